The molecule has 14 heteroatoms. The molecule has 0 bridgehead atoms. The minimum Gasteiger partial charge on any atom is -0.281 e. The Bertz CT molecular complexity index is 878. The molecule has 0 radical (unpaired) electrons. The Morgan fingerprint density at radius 3 is 1.23 bits per heavy atom. The largest absolute Gasteiger partial charge is 0.460 e. The molecule has 0 aromatic heterocycles. The summed E-state index contributed by atoms with van der Waals surface area (Å²) in [6.45, 7) is 0. The van der Waals surface area contributed by atoms with Crippen LogP contribution in [-0.4, -0.2) is 36.2 Å². The Hall–Kier alpha value is -1.93. The summed E-state index contributed by atoms with van der Waals surface area (Å²) in [7, 11) is -7.17. The van der Waals surface area contributed by atoms with Crippen LogP contribution in [0.4, 0.5) is 39.5 Å². The molecule has 0 fully saturated rings. The molecule has 0 unspecified atom stereocenters. The number of halogens is 9. The first-order valence-electron chi connectivity index (χ1n) is 7.40. The van der Waals surface area contributed by atoms with Gasteiger partial charge in [-0.15, -0.1) is 0 Å². The summed E-state index contributed by atoms with van der Waals surface area (Å²) in [6.07, 6.45) is -7.13. The van der Waals surface area contributed by atoms with Crippen LogP contribution in [-0.2, 0) is 10.1 Å². The van der Waals surface area contributed by atoms with Gasteiger partial charge in [0.05, 0.1) is 0 Å². The van der Waals surface area contributed by atoms with Crippen molar-refractivity contribution in [2.24, 2.45) is 0 Å². The van der Waals surface area contributed by atoms with Gasteiger partial charge >= 0.3 is 33.4 Å². The first kappa shape index (κ1) is 26.1. The van der Waals surface area contributed by atoms with Gasteiger partial charge in [-0.05, 0) is 24.3 Å². The van der Waals surface area contributed by atoms with Crippen molar-refractivity contribution in [3.63, 3.8) is 0 Å². The van der Waals surface area contributed by atoms with Crippen LogP contribution in [0.15, 0.2) is 70.5 Å². The van der Waals surface area contributed by atoms with E-state index in [1.165, 1.54) is 9.79 Å². The maximum atomic E-state index is 12.2. The van der Waals surface area contributed by atoms with Gasteiger partial charge in [0.15, 0.2) is 0 Å². The number of benzene rings is 2. The van der Waals surface area contributed by atoms with Gasteiger partial charge in [0, 0.05) is 9.79 Å². The molecule has 2 aromatic rings. The topological polar surface area (TPSA) is 54.4 Å². The van der Waals surface area contributed by atoms with E-state index in [1.54, 1.807) is 11.8 Å². The van der Waals surface area contributed by atoms with Crippen LogP contribution < -0.4 is 0 Å². The van der Waals surface area contributed by atoms with Crippen molar-refractivity contribution in [2.75, 3.05) is 0 Å². The molecule has 0 aliphatic heterocycles. The van der Waals surface area contributed by atoms with Gasteiger partial charge in [-0.3, -0.25) is 4.55 Å². The smallest absolute Gasteiger partial charge is 0.281 e. The Morgan fingerprint density at radius 2 is 0.967 bits per heavy atom. The third kappa shape index (κ3) is 5.60. The van der Waals surface area contributed by atoms with Gasteiger partial charge in [0.25, 0.3) is 0 Å². The summed E-state index contributed by atoms with van der Waals surface area (Å²) < 4.78 is 134. The second-order valence-corrected chi connectivity index (χ2v) is 7.98. The minimum absolute atomic E-state index is 1.29. The van der Waals surface area contributed by atoms with Gasteiger partial charge in [-0.1, -0.05) is 48.2 Å². The standard InChI is InChI=1S/C12H10S.C4HF9O3S/c1-3-7-11(8-4-1)13-12-9-5-2-6-10-12;5-1(6,3(9,10)11)2(7,8)4(12,13)17(14,15)16/h1-10H;(H,14,15,16). The molecule has 0 aliphatic rings. The molecular formula is C16H11F9O3S2. The third-order valence-electron chi connectivity index (χ3n) is 3.16. The zero-order valence-electron chi connectivity index (χ0n) is 14.3. The van der Waals surface area contributed by atoms with E-state index in [0.717, 1.165) is 0 Å². The van der Waals surface area contributed by atoms with E-state index in [9.17, 15) is 47.9 Å². The lowest BCUT2D eigenvalue weighted by molar-refractivity contribution is -0.382. The zero-order chi connectivity index (χ0) is 23.4. The molecular weight excluding hydrogens is 475 g/mol. The quantitative estimate of drug-likeness (QED) is 0.408. The summed E-state index contributed by atoms with van der Waals surface area (Å²) in [5, 5.41) is -7.00. The van der Waals surface area contributed by atoms with Crippen LogP contribution in [0.3, 0.4) is 0 Å². The van der Waals surface area contributed by atoms with Crippen molar-refractivity contribution in [1.82, 2.24) is 0 Å². The second-order valence-electron chi connectivity index (χ2n) is 5.37. The van der Waals surface area contributed by atoms with Gasteiger partial charge in [0.1, 0.15) is 0 Å². The molecule has 30 heavy (non-hydrogen) atoms. The van der Waals surface area contributed by atoms with E-state index in [1.807, 2.05) is 12.1 Å². The zero-order valence-corrected chi connectivity index (χ0v) is 15.9. The molecule has 0 heterocycles. The highest BCUT2D eigenvalue weighted by Crippen LogP contribution is 2.54. The Kier molecular flexibility index (Phi) is 7.88. The molecule has 2 rings (SSSR count). The minimum atomic E-state index is -7.37. The molecule has 0 atom stereocenters. The van der Waals surface area contributed by atoms with Crippen LogP contribution in [0.5, 0.6) is 0 Å². The Morgan fingerprint density at radius 1 is 0.633 bits per heavy atom. The fraction of sp³-hybridized carbons (Fsp3) is 0.250. The third-order valence-corrected chi connectivity index (χ3v) is 5.08. The van der Waals surface area contributed by atoms with Gasteiger partial charge in [-0.2, -0.15) is 47.9 Å². The molecule has 0 spiro atoms. The lowest BCUT2D eigenvalue weighted by atomic mass is 10.1. The lowest BCUT2D eigenvalue weighted by Crippen LogP contribution is -2.63. The van der Waals surface area contributed by atoms with Crippen molar-refractivity contribution in [2.45, 2.75) is 33.1 Å². The average Bonchev–Trinajstić information content (AvgIpc) is 2.62. The number of hydrogen-bond acceptors (Lipinski definition) is 3. The van der Waals surface area contributed by atoms with Crippen molar-refractivity contribution in [1.29, 1.82) is 0 Å². The van der Waals surface area contributed by atoms with E-state index in [2.05, 4.69) is 48.5 Å². The fourth-order valence-electron chi connectivity index (χ4n) is 1.64. The van der Waals surface area contributed by atoms with E-state index in [4.69, 9.17) is 4.55 Å². The Balaban J connectivity index is 0.000000308. The highest BCUT2D eigenvalue weighted by Gasteiger charge is 2.85. The van der Waals surface area contributed by atoms with Crippen molar-refractivity contribution >= 4 is 21.9 Å². The summed E-state index contributed by atoms with van der Waals surface area (Å²) in [5.74, 6) is -14.7. The van der Waals surface area contributed by atoms with E-state index < -0.39 is 33.4 Å². The maximum absolute atomic E-state index is 12.2. The Labute approximate surface area is 168 Å². The molecule has 1 N–H and O–H groups in total. The summed E-state index contributed by atoms with van der Waals surface area (Å²) in [5.41, 5.74) is 0. The number of alkyl halides is 9. The first-order valence-corrected chi connectivity index (χ1v) is 9.66. The number of hydrogen-bond donors (Lipinski definition) is 1. The molecule has 0 aliphatic carbocycles. The summed E-state index contributed by atoms with van der Waals surface area (Å²) in [4.78, 5) is 2.57. The molecule has 2 aromatic carbocycles. The SMILES string of the molecule is O=S(=O)(O)C(F)(F)C(F)(F)C(F)(F)C(F)(F)F.c1ccc(Sc2ccccc2)cc1. The lowest BCUT2D eigenvalue weighted by Gasteiger charge is -2.31. The molecule has 3 nitrogen and oxygen atoms in total. The molecule has 168 valence electrons. The van der Waals surface area contributed by atoms with Crippen LogP contribution in [0, 0.1) is 0 Å². The normalized spacial score (nSPS) is 13.4. The summed E-state index contributed by atoms with van der Waals surface area (Å²) >= 11 is 1.79. The van der Waals surface area contributed by atoms with Crippen LogP contribution in [0.1, 0.15) is 0 Å². The van der Waals surface area contributed by atoms with Gasteiger partial charge in [-0.25, -0.2) is 0 Å². The fourth-order valence-corrected chi connectivity index (χ4v) is 2.95. The van der Waals surface area contributed by atoms with Crippen LogP contribution in [0.25, 0.3) is 0 Å². The van der Waals surface area contributed by atoms with Crippen LogP contribution in [0.2, 0.25) is 0 Å². The molecule has 0 amide bonds. The van der Waals surface area contributed by atoms with Gasteiger partial charge < -0.3 is 0 Å². The van der Waals surface area contributed by atoms with Crippen molar-refractivity contribution < 1.29 is 52.5 Å². The first-order chi connectivity index (χ1) is 13.4. The van der Waals surface area contributed by atoms with Gasteiger partial charge in [0.2, 0.25) is 0 Å². The van der Waals surface area contributed by atoms with E-state index in [-0.39, 0.29) is 0 Å². The maximum Gasteiger partial charge on any atom is 0.460 e. The summed E-state index contributed by atoms with van der Waals surface area (Å²) in [6, 6.07) is 20.8. The molecule has 0 saturated heterocycles. The van der Waals surface area contributed by atoms with E-state index in [0.29, 0.717) is 0 Å². The average molecular weight is 486 g/mol. The highest BCUT2D eigenvalue weighted by atomic mass is 32.2. The van der Waals surface area contributed by atoms with Crippen LogP contribution >= 0.6 is 11.8 Å². The number of rotatable bonds is 5. The highest BCUT2D eigenvalue weighted by molar-refractivity contribution is 7.99. The monoisotopic (exact) mass is 486 g/mol. The predicted molar refractivity (Wildman–Crippen MR) is 89.5 cm³/mol. The van der Waals surface area contributed by atoms with E-state index >= 15 is 0 Å². The van der Waals surface area contributed by atoms with Crippen molar-refractivity contribution in [3.8, 4) is 0 Å². The second kappa shape index (κ2) is 9.06. The molecule has 0 saturated carbocycles. The van der Waals surface area contributed by atoms with Crippen molar-refractivity contribution in [3.05, 3.63) is 60.7 Å². The predicted octanol–water partition coefficient (Wildman–Crippen LogP) is 6.14.